The minimum atomic E-state index is 0.424. The summed E-state index contributed by atoms with van der Waals surface area (Å²) in [6.45, 7) is 3.20. The lowest BCUT2D eigenvalue weighted by atomic mass is 10.2. The van der Waals surface area contributed by atoms with Crippen molar-refractivity contribution in [2.24, 2.45) is 0 Å². The van der Waals surface area contributed by atoms with E-state index >= 15 is 0 Å². The summed E-state index contributed by atoms with van der Waals surface area (Å²) in [5.74, 6) is 1.79. The Kier molecular flexibility index (Phi) is 4.63. The van der Waals surface area contributed by atoms with Gasteiger partial charge in [-0.2, -0.15) is 0 Å². The van der Waals surface area contributed by atoms with Crippen molar-refractivity contribution in [2.45, 2.75) is 20.1 Å². The molecule has 4 aromatic rings. The van der Waals surface area contributed by atoms with E-state index in [9.17, 15) is 0 Å². The van der Waals surface area contributed by atoms with Gasteiger partial charge < -0.3 is 9.30 Å². The van der Waals surface area contributed by atoms with Crippen LogP contribution in [-0.4, -0.2) is 9.55 Å². The number of nitrogens with zero attached hydrogens (tertiary/aromatic N) is 2. The quantitative estimate of drug-likeness (QED) is 0.460. The lowest BCUT2D eigenvalue weighted by Crippen LogP contribution is -2.08. The highest BCUT2D eigenvalue weighted by atomic mass is 35.5. The van der Waals surface area contributed by atoms with Crippen LogP contribution < -0.4 is 4.74 Å². The van der Waals surface area contributed by atoms with Crippen molar-refractivity contribution in [2.75, 3.05) is 0 Å². The van der Waals surface area contributed by atoms with Crippen molar-refractivity contribution < 1.29 is 4.74 Å². The minimum absolute atomic E-state index is 0.424. The Hall–Kier alpha value is -2.78. The first-order valence-corrected chi connectivity index (χ1v) is 8.95. The van der Waals surface area contributed by atoms with Gasteiger partial charge in [0, 0.05) is 11.6 Å². The van der Waals surface area contributed by atoms with Gasteiger partial charge in [-0.1, -0.05) is 54.1 Å². The van der Waals surface area contributed by atoms with Crippen molar-refractivity contribution in [3.63, 3.8) is 0 Å². The van der Waals surface area contributed by atoms with Crippen LogP contribution in [0.4, 0.5) is 0 Å². The van der Waals surface area contributed by atoms with E-state index in [-0.39, 0.29) is 0 Å². The molecule has 0 N–H and O–H groups in total. The van der Waals surface area contributed by atoms with Crippen LogP contribution in [0.1, 0.15) is 17.0 Å². The summed E-state index contributed by atoms with van der Waals surface area (Å²) in [5.41, 5.74) is 4.37. The molecule has 3 nitrogen and oxygen atoms in total. The number of hydrogen-bond acceptors (Lipinski definition) is 2. The third kappa shape index (κ3) is 3.44. The Morgan fingerprint density at radius 3 is 2.46 bits per heavy atom. The highest BCUT2D eigenvalue weighted by Crippen LogP contribution is 2.22. The van der Waals surface area contributed by atoms with Crippen molar-refractivity contribution in [1.29, 1.82) is 0 Å². The number of rotatable bonds is 5. The zero-order valence-electron chi connectivity index (χ0n) is 14.5. The van der Waals surface area contributed by atoms with Crippen LogP contribution in [0.15, 0.2) is 72.8 Å². The molecule has 130 valence electrons. The van der Waals surface area contributed by atoms with Gasteiger partial charge in [-0.25, -0.2) is 4.98 Å². The molecule has 0 saturated carbocycles. The summed E-state index contributed by atoms with van der Waals surface area (Å²) in [4.78, 5) is 4.78. The molecule has 0 unspecified atom stereocenters. The van der Waals surface area contributed by atoms with Crippen LogP contribution in [0.2, 0.25) is 5.02 Å². The third-order valence-electron chi connectivity index (χ3n) is 4.44. The van der Waals surface area contributed by atoms with E-state index in [0.717, 1.165) is 39.7 Å². The number of aromatic nitrogens is 2. The first-order valence-electron chi connectivity index (χ1n) is 8.58. The summed E-state index contributed by atoms with van der Waals surface area (Å²) >= 11 is 6.01. The highest BCUT2D eigenvalue weighted by molar-refractivity contribution is 6.30. The molecule has 26 heavy (non-hydrogen) atoms. The molecule has 4 heteroatoms. The van der Waals surface area contributed by atoms with Gasteiger partial charge in [0.2, 0.25) is 0 Å². The highest BCUT2D eigenvalue weighted by Gasteiger charge is 2.12. The summed E-state index contributed by atoms with van der Waals surface area (Å²) < 4.78 is 8.25. The molecule has 1 aromatic heterocycles. The van der Waals surface area contributed by atoms with Crippen LogP contribution >= 0.6 is 11.6 Å². The van der Waals surface area contributed by atoms with E-state index in [0.29, 0.717) is 6.61 Å². The molecule has 0 bridgehead atoms. The zero-order valence-corrected chi connectivity index (χ0v) is 15.3. The van der Waals surface area contributed by atoms with E-state index in [4.69, 9.17) is 21.3 Å². The fraction of sp³-hybridized carbons (Fsp3) is 0.136. The number of aryl methyl sites for hydroxylation is 1. The molecule has 0 aliphatic heterocycles. The Morgan fingerprint density at radius 2 is 1.65 bits per heavy atom. The van der Waals surface area contributed by atoms with Crippen molar-refractivity contribution >= 4 is 22.6 Å². The standard InChI is InChI=1S/C22H19ClN2O/c1-16-6-2-5-9-21(16)26-15-22-24-19-7-3-4-8-20(19)25(22)14-17-10-12-18(23)13-11-17/h2-13H,14-15H2,1H3. The topological polar surface area (TPSA) is 27.1 Å². The average Bonchev–Trinajstić information content (AvgIpc) is 3.00. The minimum Gasteiger partial charge on any atom is -0.485 e. The summed E-state index contributed by atoms with van der Waals surface area (Å²) in [7, 11) is 0. The monoisotopic (exact) mass is 362 g/mol. The number of halogens is 1. The molecular formula is C22H19ClN2O. The number of hydrogen-bond donors (Lipinski definition) is 0. The van der Waals surface area contributed by atoms with Gasteiger partial charge in [-0.3, -0.25) is 0 Å². The number of imidazole rings is 1. The maximum Gasteiger partial charge on any atom is 0.148 e. The fourth-order valence-corrected chi connectivity index (χ4v) is 3.17. The molecule has 0 amide bonds. The average molecular weight is 363 g/mol. The summed E-state index contributed by atoms with van der Waals surface area (Å²) in [6.07, 6.45) is 0. The number of benzene rings is 3. The Labute approximate surface area is 157 Å². The van der Waals surface area contributed by atoms with E-state index in [2.05, 4.69) is 10.6 Å². The molecule has 0 aliphatic carbocycles. The maximum atomic E-state index is 6.05. The van der Waals surface area contributed by atoms with Gasteiger partial charge in [0.15, 0.2) is 0 Å². The number of para-hydroxylation sites is 3. The molecule has 1 heterocycles. The van der Waals surface area contributed by atoms with Gasteiger partial charge in [0.1, 0.15) is 18.2 Å². The van der Waals surface area contributed by atoms with E-state index < -0.39 is 0 Å². The van der Waals surface area contributed by atoms with E-state index in [1.807, 2.05) is 73.7 Å². The van der Waals surface area contributed by atoms with Crippen LogP contribution in [-0.2, 0) is 13.2 Å². The Morgan fingerprint density at radius 1 is 0.923 bits per heavy atom. The first-order chi connectivity index (χ1) is 12.7. The second-order valence-corrected chi connectivity index (χ2v) is 6.72. The van der Waals surface area contributed by atoms with Gasteiger partial charge in [-0.15, -0.1) is 0 Å². The van der Waals surface area contributed by atoms with Crippen LogP contribution in [0.3, 0.4) is 0 Å². The van der Waals surface area contributed by atoms with Crippen molar-refractivity contribution in [1.82, 2.24) is 9.55 Å². The molecule has 0 fully saturated rings. The van der Waals surface area contributed by atoms with Crippen LogP contribution in [0, 0.1) is 6.92 Å². The Balaban J connectivity index is 1.67. The predicted molar refractivity (Wildman–Crippen MR) is 106 cm³/mol. The fourth-order valence-electron chi connectivity index (χ4n) is 3.05. The third-order valence-corrected chi connectivity index (χ3v) is 4.69. The second kappa shape index (κ2) is 7.22. The normalized spacial score (nSPS) is 11.0. The largest absolute Gasteiger partial charge is 0.485 e. The van der Waals surface area contributed by atoms with Gasteiger partial charge >= 0.3 is 0 Å². The lowest BCUT2D eigenvalue weighted by molar-refractivity contribution is 0.289. The number of fused-ring (bicyclic) bond motifs is 1. The van der Waals surface area contributed by atoms with Gasteiger partial charge in [0.25, 0.3) is 0 Å². The molecule has 0 atom stereocenters. The summed E-state index contributed by atoms with van der Waals surface area (Å²) in [5, 5.41) is 0.743. The Bertz CT molecular complexity index is 1040. The zero-order chi connectivity index (χ0) is 17.9. The van der Waals surface area contributed by atoms with Gasteiger partial charge in [-0.05, 0) is 48.4 Å². The maximum absolute atomic E-state index is 6.05. The second-order valence-electron chi connectivity index (χ2n) is 6.28. The van der Waals surface area contributed by atoms with Crippen molar-refractivity contribution in [3.8, 4) is 5.75 Å². The smallest absolute Gasteiger partial charge is 0.148 e. The molecule has 0 aliphatic rings. The number of ether oxygens (including phenoxy) is 1. The predicted octanol–water partition coefficient (Wildman–Crippen LogP) is 5.63. The SMILES string of the molecule is Cc1ccccc1OCc1nc2ccccc2n1Cc1ccc(Cl)cc1. The van der Waals surface area contributed by atoms with Crippen LogP contribution in [0.25, 0.3) is 11.0 Å². The molecule has 0 spiro atoms. The molecular weight excluding hydrogens is 344 g/mol. The van der Waals surface area contributed by atoms with Crippen LogP contribution in [0.5, 0.6) is 5.75 Å². The molecule has 0 saturated heterocycles. The van der Waals surface area contributed by atoms with E-state index in [1.54, 1.807) is 0 Å². The first kappa shape index (κ1) is 16.7. The molecule has 0 radical (unpaired) electrons. The van der Waals surface area contributed by atoms with E-state index in [1.165, 1.54) is 5.56 Å². The lowest BCUT2D eigenvalue weighted by Gasteiger charge is -2.12. The molecule has 3 aromatic carbocycles. The summed E-state index contributed by atoms with van der Waals surface area (Å²) in [6, 6.07) is 24.1. The van der Waals surface area contributed by atoms with Crippen molar-refractivity contribution in [3.05, 3.63) is 94.8 Å². The molecule has 4 rings (SSSR count). The van der Waals surface area contributed by atoms with Gasteiger partial charge in [0.05, 0.1) is 11.0 Å².